The number of hydrogen-bond acceptors (Lipinski definition) is 3. The minimum absolute atomic E-state index is 0.116. The summed E-state index contributed by atoms with van der Waals surface area (Å²) in [6.07, 6.45) is -2.67. The Morgan fingerprint density at radius 3 is 2.47 bits per heavy atom. The number of carbonyl (C=O) groups is 2. The van der Waals surface area contributed by atoms with Crippen LogP contribution in [0.1, 0.15) is 10.4 Å². The number of nitrogens with zero attached hydrogens (tertiary/aromatic N) is 1. The summed E-state index contributed by atoms with van der Waals surface area (Å²) < 4.78 is 35.2. The number of carbonyl (C=O) groups excluding carboxylic acids is 2. The summed E-state index contributed by atoms with van der Waals surface area (Å²) >= 11 is 0. The van der Waals surface area contributed by atoms with Gasteiger partial charge in [-0.05, 0) is 12.1 Å². The second-order valence-corrected chi connectivity index (χ2v) is 2.52. The normalized spacial score (nSPS) is 10.9. The van der Waals surface area contributed by atoms with E-state index in [2.05, 4.69) is 4.98 Å². The minimum atomic E-state index is -5.07. The van der Waals surface area contributed by atoms with Crippen LogP contribution in [-0.2, 0) is 4.79 Å². The Bertz CT molecular complexity index is 375. The molecular formula is C8H5F3N2O2. The van der Waals surface area contributed by atoms with Crippen LogP contribution in [0.4, 0.5) is 13.2 Å². The first-order chi connectivity index (χ1) is 6.91. The number of imide groups is 1. The van der Waals surface area contributed by atoms with Crippen molar-refractivity contribution in [1.29, 1.82) is 0 Å². The standard InChI is InChI=1S/C8H5F3N2O2/c9-8(10,11)7(15)13-6(14)5-2-1-3-12-4-5/h1-4H,(H,13,14,15). The molecule has 0 bridgehead atoms. The highest BCUT2D eigenvalue weighted by atomic mass is 19.4. The van der Waals surface area contributed by atoms with Gasteiger partial charge < -0.3 is 0 Å². The molecule has 80 valence electrons. The molecule has 15 heavy (non-hydrogen) atoms. The van der Waals surface area contributed by atoms with Gasteiger partial charge in [0, 0.05) is 12.4 Å². The van der Waals surface area contributed by atoms with Gasteiger partial charge in [-0.3, -0.25) is 19.9 Å². The molecule has 1 aromatic rings. The second-order valence-electron chi connectivity index (χ2n) is 2.52. The maximum Gasteiger partial charge on any atom is 0.471 e. The molecule has 4 nitrogen and oxygen atoms in total. The lowest BCUT2D eigenvalue weighted by Gasteiger charge is -2.05. The van der Waals surface area contributed by atoms with Crippen molar-refractivity contribution in [3.63, 3.8) is 0 Å². The summed E-state index contributed by atoms with van der Waals surface area (Å²) in [4.78, 5) is 24.9. The largest absolute Gasteiger partial charge is 0.471 e. The topological polar surface area (TPSA) is 59.1 Å². The van der Waals surface area contributed by atoms with Gasteiger partial charge in [-0.1, -0.05) is 0 Å². The van der Waals surface area contributed by atoms with Crippen LogP contribution in [0.25, 0.3) is 0 Å². The Morgan fingerprint density at radius 2 is 2.00 bits per heavy atom. The molecule has 0 spiro atoms. The Kier molecular flexibility index (Phi) is 3.03. The van der Waals surface area contributed by atoms with Crippen LogP contribution in [0, 0.1) is 0 Å². The molecule has 0 radical (unpaired) electrons. The van der Waals surface area contributed by atoms with E-state index in [0.717, 1.165) is 6.20 Å². The molecule has 1 N–H and O–H groups in total. The van der Waals surface area contributed by atoms with E-state index in [9.17, 15) is 22.8 Å². The Labute approximate surface area is 82.1 Å². The fourth-order valence-corrected chi connectivity index (χ4v) is 0.743. The summed E-state index contributed by atoms with van der Waals surface area (Å²) in [5.74, 6) is -3.43. The first kappa shape index (κ1) is 11.2. The van der Waals surface area contributed by atoms with E-state index in [1.807, 2.05) is 0 Å². The monoisotopic (exact) mass is 218 g/mol. The molecule has 0 aliphatic carbocycles. The summed E-state index contributed by atoms with van der Waals surface area (Å²) in [5.41, 5.74) is -0.116. The van der Waals surface area contributed by atoms with Crippen molar-refractivity contribution in [2.24, 2.45) is 0 Å². The van der Waals surface area contributed by atoms with Crippen molar-refractivity contribution in [2.75, 3.05) is 0 Å². The van der Waals surface area contributed by atoms with E-state index >= 15 is 0 Å². The van der Waals surface area contributed by atoms with Crippen molar-refractivity contribution in [2.45, 2.75) is 6.18 Å². The molecule has 1 rings (SSSR count). The van der Waals surface area contributed by atoms with E-state index in [-0.39, 0.29) is 5.56 Å². The predicted octanol–water partition coefficient (Wildman–Crippen LogP) is 0.900. The van der Waals surface area contributed by atoms with Crippen LogP contribution < -0.4 is 5.32 Å². The van der Waals surface area contributed by atoms with Crippen LogP contribution in [-0.4, -0.2) is 23.0 Å². The fourth-order valence-electron chi connectivity index (χ4n) is 0.743. The van der Waals surface area contributed by atoms with Gasteiger partial charge in [-0.15, -0.1) is 0 Å². The van der Waals surface area contributed by atoms with Crippen LogP contribution in [0.15, 0.2) is 24.5 Å². The van der Waals surface area contributed by atoms with E-state index in [0.29, 0.717) is 0 Å². The van der Waals surface area contributed by atoms with E-state index in [1.165, 1.54) is 23.6 Å². The molecule has 0 fully saturated rings. The van der Waals surface area contributed by atoms with Crippen molar-refractivity contribution in [1.82, 2.24) is 10.3 Å². The summed E-state index contributed by atoms with van der Waals surface area (Å²) in [6.45, 7) is 0. The lowest BCUT2D eigenvalue weighted by Crippen LogP contribution is -2.40. The van der Waals surface area contributed by atoms with Crippen LogP contribution in [0.5, 0.6) is 0 Å². The van der Waals surface area contributed by atoms with Crippen LogP contribution >= 0.6 is 0 Å². The molecule has 0 aliphatic rings. The first-order valence-electron chi connectivity index (χ1n) is 3.74. The molecule has 0 aromatic carbocycles. The fraction of sp³-hybridized carbons (Fsp3) is 0.125. The van der Waals surface area contributed by atoms with Crippen LogP contribution in [0.2, 0.25) is 0 Å². The zero-order valence-electron chi connectivity index (χ0n) is 7.21. The number of nitrogens with one attached hydrogen (secondary N) is 1. The molecule has 0 saturated heterocycles. The summed E-state index contributed by atoms with van der Waals surface area (Å²) in [5, 5.41) is 1.19. The third-order valence-electron chi connectivity index (χ3n) is 1.41. The second kappa shape index (κ2) is 4.07. The average Bonchev–Trinajstić information content (AvgIpc) is 2.17. The Balaban J connectivity index is 2.70. The first-order valence-corrected chi connectivity index (χ1v) is 3.74. The van der Waals surface area contributed by atoms with Crippen molar-refractivity contribution in [3.8, 4) is 0 Å². The van der Waals surface area contributed by atoms with Gasteiger partial charge >= 0.3 is 12.1 Å². The van der Waals surface area contributed by atoms with Gasteiger partial charge in [0.2, 0.25) is 0 Å². The summed E-state index contributed by atoms with van der Waals surface area (Å²) in [6, 6.07) is 2.61. The summed E-state index contributed by atoms with van der Waals surface area (Å²) in [7, 11) is 0. The molecule has 0 aliphatic heterocycles. The van der Waals surface area contributed by atoms with E-state index < -0.39 is 18.0 Å². The lowest BCUT2D eigenvalue weighted by molar-refractivity contribution is -0.172. The average molecular weight is 218 g/mol. The van der Waals surface area contributed by atoms with Gasteiger partial charge in [0.25, 0.3) is 5.91 Å². The highest BCUT2D eigenvalue weighted by Crippen LogP contribution is 2.14. The van der Waals surface area contributed by atoms with Gasteiger partial charge in [-0.2, -0.15) is 13.2 Å². The molecular weight excluding hydrogens is 213 g/mol. The smallest absolute Gasteiger partial charge is 0.284 e. The Hall–Kier alpha value is -1.92. The van der Waals surface area contributed by atoms with Gasteiger partial charge in [-0.25, -0.2) is 0 Å². The number of amides is 2. The van der Waals surface area contributed by atoms with Crippen LogP contribution in [0.3, 0.4) is 0 Å². The molecule has 1 aromatic heterocycles. The highest BCUT2D eigenvalue weighted by molar-refractivity contribution is 6.05. The SMILES string of the molecule is O=C(NC(=O)C(F)(F)F)c1cccnc1. The Morgan fingerprint density at radius 1 is 1.33 bits per heavy atom. The number of halogens is 3. The predicted molar refractivity (Wildman–Crippen MR) is 42.8 cm³/mol. The quantitative estimate of drug-likeness (QED) is 0.761. The number of alkyl halides is 3. The molecule has 0 atom stereocenters. The minimum Gasteiger partial charge on any atom is -0.284 e. The molecule has 0 saturated carbocycles. The lowest BCUT2D eigenvalue weighted by atomic mass is 10.3. The van der Waals surface area contributed by atoms with Gasteiger partial charge in [0.1, 0.15) is 0 Å². The van der Waals surface area contributed by atoms with E-state index in [1.54, 1.807) is 0 Å². The number of aromatic nitrogens is 1. The molecule has 0 unspecified atom stereocenters. The third kappa shape index (κ3) is 3.04. The highest BCUT2D eigenvalue weighted by Gasteiger charge is 2.39. The molecule has 2 amide bonds. The van der Waals surface area contributed by atoms with Crippen molar-refractivity contribution >= 4 is 11.8 Å². The number of hydrogen-bond donors (Lipinski definition) is 1. The maximum atomic E-state index is 11.7. The number of rotatable bonds is 1. The maximum absolute atomic E-state index is 11.7. The zero-order chi connectivity index (χ0) is 11.5. The molecule has 1 heterocycles. The van der Waals surface area contributed by atoms with Gasteiger partial charge in [0.15, 0.2) is 0 Å². The zero-order valence-corrected chi connectivity index (χ0v) is 7.21. The molecule has 7 heteroatoms. The number of pyridine rings is 1. The van der Waals surface area contributed by atoms with Gasteiger partial charge in [0.05, 0.1) is 5.56 Å². The van der Waals surface area contributed by atoms with Crippen molar-refractivity contribution < 1.29 is 22.8 Å². The van der Waals surface area contributed by atoms with E-state index in [4.69, 9.17) is 0 Å². The van der Waals surface area contributed by atoms with Crippen molar-refractivity contribution in [3.05, 3.63) is 30.1 Å². The third-order valence-corrected chi connectivity index (χ3v) is 1.41.